The maximum atomic E-state index is 2.83. The molecule has 3 aliphatic rings. The van der Waals surface area contributed by atoms with E-state index in [1.54, 1.807) is 0 Å². The molecule has 0 atom stereocenters. The highest BCUT2D eigenvalue weighted by Gasteiger charge is 2.39. The van der Waals surface area contributed by atoms with Gasteiger partial charge in [0.05, 0.1) is 0 Å². The van der Waals surface area contributed by atoms with Crippen LogP contribution in [0.2, 0.25) is 0 Å². The van der Waals surface area contributed by atoms with Gasteiger partial charge in [-0.25, -0.2) is 0 Å². The van der Waals surface area contributed by atoms with E-state index >= 15 is 0 Å². The van der Waals surface area contributed by atoms with E-state index in [4.69, 9.17) is 0 Å². The van der Waals surface area contributed by atoms with E-state index < -0.39 is 0 Å². The highest BCUT2D eigenvalue weighted by atomic mass is 15.1. The van der Waals surface area contributed by atoms with Crippen LogP contribution in [0.25, 0.3) is 0 Å². The minimum atomic E-state index is 0.719. The lowest BCUT2D eigenvalue weighted by atomic mass is 9.66. The summed E-state index contributed by atoms with van der Waals surface area (Å²) in [5, 5.41) is 0. The predicted molar refractivity (Wildman–Crippen MR) is 109 cm³/mol. The second kappa shape index (κ2) is 8.74. The molecule has 0 N–H and O–H groups in total. The molecule has 1 heterocycles. The number of hydrogen-bond donors (Lipinski definition) is 0. The first kappa shape index (κ1) is 19.7. The Morgan fingerprint density at radius 3 is 2.04 bits per heavy atom. The second-order valence-corrected chi connectivity index (χ2v) is 10.1. The Balaban J connectivity index is 1.38. The standard InChI is InChI=1S/C23H44N2/c1-5-24(4)22-10-12-23(13-11-22)14-16-25(17-15-23)18-20-6-8-21(9-7-20)19(2)3/h19-22H,5-18H2,1-4H3. The Labute approximate surface area is 157 Å². The van der Waals surface area contributed by atoms with Gasteiger partial charge in [-0.1, -0.05) is 20.8 Å². The van der Waals surface area contributed by atoms with E-state index in [-0.39, 0.29) is 0 Å². The van der Waals surface area contributed by atoms with Crippen molar-refractivity contribution in [2.45, 2.75) is 91.0 Å². The largest absolute Gasteiger partial charge is 0.304 e. The first-order valence-electron chi connectivity index (χ1n) is 11.4. The van der Waals surface area contributed by atoms with Crippen LogP contribution in [0.3, 0.4) is 0 Å². The van der Waals surface area contributed by atoms with Crippen LogP contribution in [0.15, 0.2) is 0 Å². The average Bonchev–Trinajstić information content (AvgIpc) is 2.64. The number of nitrogens with zero attached hydrogens (tertiary/aromatic N) is 2. The van der Waals surface area contributed by atoms with Gasteiger partial charge in [-0.15, -0.1) is 0 Å². The minimum Gasteiger partial charge on any atom is -0.304 e. The van der Waals surface area contributed by atoms with Gasteiger partial charge >= 0.3 is 0 Å². The molecule has 2 nitrogen and oxygen atoms in total. The van der Waals surface area contributed by atoms with E-state index in [1.807, 2.05) is 0 Å². The molecule has 3 rings (SSSR count). The minimum absolute atomic E-state index is 0.719. The van der Waals surface area contributed by atoms with Crippen molar-refractivity contribution in [1.82, 2.24) is 9.80 Å². The summed E-state index contributed by atoms with van der Waals surface area (Å²) in [6, 6.07) is 0.866. The number of hydrogen-bond acceptors (Lipinski definition) is 2. The molecular weight excluding hydrogens is 304 g/mol. The van der Waals surface area contributed by atoms with Gasteiger partial charge in [-0.05, 0) is 114 Å². The molecule has 3 fully saturated rings. The highest BCUT2D eigenvalue weighted by molar-refractivity contribution is 4.92. The van der Waals surface area contributed by atoms with Gasteiger partial charge in [0.25, 0.3) is 0 Å². The fourth-order valence-electron chi connectivity index (χ4n) is 6.03. The van der Waals surface area contributed by atoms with Crippen LogP contribution in [0.1, 0.15) is 85.0 Å². The number of likely N-dealkylation sites (tertiary alicyclic amines) is 1. The zero-order valence-electron chi connectivity index (χ0n) is 17.6. The highest BCUT2D eigenvalue weighted by Crippen LogP contribution is 2.45. The maximum absolute atomic E-state index is 2.83. The van der Waals surface area contributed by atoms with Crippen LogP contribution in [0, 0.1) is 23.2 Å². The molecule has 146 valence electrons. The van der Waals surface area contributed by atoms with Crippen molar-refractivity contribution in [2.75, 3.05) is 33.2 Å². The average molecular weight is 349 g/mol. The number of rotatable bonds is 5. The lowest BCUT2D eigenvalue weighted by molar-refractivity contribution is 0.0305. The lowest BCUT2D eigenvalue weighted by Crippen LogP contribution is -2.46. The van der Waals surface area contributed by atoms with E-state index in [0.717, 1.165) is 29.2 Å². The lowest BCUT2D eigenvalue weighted by Gasteiger charge is -2.48. The Bertz CT molecular complexity index is 379. The summed E-state index contributed by atoms with van der Waals surface area (Å²) in [7, 11) is 2.32. The molecule has 0 aromatic carbocycles. The molecule has 0 unspecified atom stereocenters. The van der Waals surface area contributed by atoms with Crippen molar-refractivity contribution in [3.05, 3.63) is 0 Å². The zero-order valence-corrected chi connectivity index (χ0v) is 17.6. The fourth-order valence-corrected chi connectivity index (χ4v) is 6.03. The zero-order chi connectivity index (χ0) is 17.9. The Hall–Kier alpha value is -0.0800. The van der Waals surface area contributed by atoms with E-state index in [0.29, 0.717) is 0 Å². The van der Waals surface area contributed by atoms with Crippen LogP contribution < -0.4 is 0 Å². The number of piperidine rings is 1. The van der Waals surface area contributed by atoms with Gasteiger partial charge in [0.2, 0.25) is 0 Å². The third kappa shape index (κ3) is 5.01. The SMILES string of the molecule is CCN(C)C1CCC2(CC1)CCN(CC1CCC(C(C)C)CC1)CC2. The molecule has 1 saturated heterocycles. The summed E-state index contributed by atoms with van der Waals surface area (Å²) in [5.41, 5.74) is 0.719. The molecular formula is C23H44N2. The van der Waals surface area contributed by atoms with Gasteiger partial charge in [0.15, 0.2) is 0 Å². The normalized spacial score (nSPS) is 31.9. The summed E-state index contributed by atoms with van der Waals surface area (Å²) in [4.78, 5) is 5.41. The molecule has 1 aliphatic heterocycles. The van der Waals surface area contributed by atoms with E-state index in [2.05, 4.69) is 37.6 Å². The van der Waals surface area contributed by atoms with Gasteiger partial charge in [-0.3, -0.25) is 0 Å². The van der Waals surface area contributed by atoms with Crippen LogP contribution in [-0.2, 0) is 0 Å². The molecule has 25 heavy (non-hydrogen) atoms. The molecule has 0 radical (unpaired) electrons. The monoisotopic (exact) mass is 348 g/mol. The van der Waals surface area contributed by atoms with Gasteiger partial charge in [-0.2, -0.15) is 0 Å². The molecule has 2 heteroatoms. The van der Waals surface area contributed by atoms with Crippen LogP contribution in [-0.4, -0.2) is 49.1 Å². The topological polar surface area (TPSA) is 6.48 Å². The molecule has 1 spiro atoms. The third-order valence-corrected chi connectivity index (χ3v) is 8.41. The van der Waals surface area contributed by atoms with Crippen molar-refractivity contribution in [1.29, 1.82) is 0 Å². The first-order chi connectivity index (χ1) is 12.0. The van der Waals surface area contributed by atoms with Crippen molar-refractivity contribution in [2.24, 2.45) is 23.2 Å². The molecule has 0 amide bonds. The van der Waals surface area contributed by atoms with Crippen LogP contribution >= 0.6 is 0 Å². The van der Waals surface area contributed by atoms with Crippen molar-refractivity contribution in [3.8, 4) is 0 Å². The summed E-state index contributed by atoms with van der Waals surface area (Å²) in [5.74, 6) is 2.91. The fraction of sp³-hybridized carbons (Fsp3) is 1.00. The molecule has 0 aromatic heterocycles. The third-order valence-electron chi connectivity index (χ3n) is 8.41. The van der Waals surface area contributed by atoms with E-state index in [9.17, 15) is 0 Å². The van der Waals surface area contributed by atoms with Crippen LogP contribution in [0.4, 0.5) is 0 Å². The first-order valence-corrected chi connectivity index (χ1v) is 11.4. The summed E-state index contributed by atoms with van der Waals surface area (Å²) in [6.45, 7) is 12.5. The smallest absolute Gasteiger partial charge is 0.00925 e. The molecule has 2 saturated carbocycles. The van der Waals surface area contributed by atoms with Gasteiger partial charge < -0.3 is 9.80 Å². The van der Waals surface area contributed by atoms with Gasteiger partial charge in [0.1, 0.15) is 0 Å². The molecule has 0 bridgehead atoms. The Kier molecular flexibility index (Phi) is 6.88. The predicted octanol–water partition coefficient (Wildman–Crippen LogP) is 5.43. The molecule has 0 aromatic rings. The summed E-state index contributed by atoms with van der Waals surface area (Å²) >= 11 is 0. The molecule has 2 aliphatic carbocycles. The quantitative estimate of drug-likeness (QED) is 0.654. The van der Waals surface area contributed by atoms with Crippen molar-refractivity contribution < 1.29 is 0 Å². The summed E-state index contributed by atoms with van der Waals surface area (Å²) < 4.78 is 0. The summed E-state index contributed by atoms with van der Waals surface area (Å²) in [6.07, 6.45) is 14.8. The van der Waals surface area contributed by atoms with E-state index in [1.165, 1.54) is 90.4 Å². The van der Waals surface area contributed by atoms with Crippen molar-refractivity contribution >= 4 is 0 Å². The van der Waals surface area contributed by atoms with Crippen LogP contribution in [0.5, 0.6) is 0 Å². The van der Waals surface area contributed by atoms with Gasteiger partial charge in [0, 0.05) is 12.6 Å². The Morgan fingerprint density at radius 1 is 0.920 bits per heavy atom. The second-order valence-electron chi connectivity index (χ2n) is 10.1. The maximum Gasteiger partial charge on any atom is 0.00925 e. The Morgan fingerprint density at radius 2 is 1.52 bits per heavy atom. The van der Waals surface area contributed by atoms with Crippen molar-refractivity contribution in [3.63, 3.8) is 0 Å².